The van der Waals surface area contributed by atoms with Gasteiger partial charge in [-0.05, 0) is 44.6 Å². The zero-order chi connectivity index (χ0) is 14.7. The minimum Gasteiger partial charge on any atom is -0.381 e. The maximum atomic E-state index is 5.46. The minimum absolute atomic E-state index is 0.503. The number of piperidine rings is 1. The van der Waals surface area contributed by atoms with Crippen LogP contribution in [0.1, 0.15) is 30.5 Å². The molecule has 0 aliphatic carbocycles. The van der Waals surface area contributed by atoms with E-state index in [2.05, 4.69) is 20.2 Å². The van der Waals surface area contributed by atoms with Gasteiger partial charge in [-0.25, -0.2) is 9.97 Å². The Balaban J connectivity index is 1.45. The third kappa shape index (κ3) is 3.92. The molecule has 0 bridgehead atoms. The molecule has 0 unspecified atom stereocenters. The van der Waals surface area contributed by atoms with Gasteiger partial charge in [0.25, 0.3) is 0 Å². The largest absolute Gasteiger partial charge is 0.381 e. The van der Waals surface area contributed by atoms with Gasteiger partial charge >= 0.3 is 0 Å². The first-order chi connectivity index (χ1) is 10.2. The van der Waals surface area contributed by atoms with Crippen molar-refractivity contribution < 1.29 is 4.74 Å². The second-order valence-electron chi connectivity index (χ2n) is 6.41. The van der Waals surface area contributed by atoms with Gasteiger partial charge in [0.05, 0.1) is 6.61 Å². The molecule has 2 saturated heterocycles. The highest BCUT2D eigenvalue weighted by Gasteiger charge is 2.24. The molecule has 1 N–H and O–H groups in total. The molecule has 2 fully saturated rings. The van der Waals surface area contributed by atoms with E-state index in [0.717, 1.165) is 36.3 Å². The van der Waals surface area contributed by atoms with E-state index in [4.69, 9.17) is 4.74 Å². The van der Waals surface area contributed by atoms with Crippen molar-refractivity contribution in [3.63, 3.8) is 0 Å². The van der Waals surface area contributed by atoms with E-state index in [1.165, 1.54) is 38.9 Å². The standard InChI is InChI=1S/C16H26N4O/c1-12-9-17-16(18-13(12)2)19-15-3-6-20(7-4-15)10-14-5-8-21-11-14/h9,14-15H,3-8,10-11H2,1-2H3,(H,17,18,19)/t14-/m0/s1. The van der Waals surface area contributed by atoms with Gasteiger partial charge in [-0.15, -0.1) is 0 Å². The van der Waals surface area contributed by atoms with E-state index in [1.807, 2.05) is 20.0 Å². The summed E-state index contributed by atoms with van der Waals surface area (Å²) in [7, 11) is 0. The first-order valence-electron chi connectivity index (χ1n) is 8.07. The molecule has 0 amide bonds. The van der Waals surface area contributed by atoms with Crippen molar-refractivity contribution in [2.24, 2.45) is 5.92 Å². The number of nitrogens with one attached hydrogen (secondary N) is 1. The molecule has 1 aromatic rings. The first kappa shape index (κ1) is 14.7. The van der Waals surface area contributed by atoms with Crippen molar-refractivity contribution in [3.8, 4) is 0 Å². The maximum absolute atomic E-state index is 5.46. The minimum atomic E-state index is 0.503. The maximum Gasteiger partial charge on any atom is 0.223 e. The molecule has 5 nitrogen and oxygen atoms in total. The molecule has 2 aliphatic heterocycles. The van der Waals surface area contributed by atoms with Crippen molar-refractivity contribution in [1.82, 2.24) is 14.9 Å². The van der Waals surface area contributed by atoms with Crippen molar-refractivity contribution in [1.29, 1.82) is 0 Å². The normalized spacial score (nSPS) is 24.4. The summed E-state index contributed by atoms with van der Waals surface area (Å²) < 4.78 is 5.46. The van der Waals surface area contributed by atoms with Gasteiger partial charge in [0.15, 0.2) is 0 Å². The lowest BCUT2D eigenvalue weighted by atomic mass is 10.0. The zero-order valence-corrected chi connectivity index (χ0v) is 13.1. The van der Waals surface area contributed by atoms with Crippen molar-refractivity contribution in [2.75, 3.05) is 38.2 Å². The molecule has 3 heterocycles. The third-order valence-corrected chi connectivity index (χ3v) is 4.69. The Labute approximate surface area is 127 Å². The number of likely N-dealkylation sites (tertiary alicyclic amines) is 1. The third-order valence-electron chi connectivity index (χ3n) is 4.69. The smallest absolute Gasteiger partial charge is 0.223 e. The second-order valence-corrected chi connectivity index (χ2v) is 6.41. The fourth-order valence-electron chi connectivity index (χ4n) is 3.13. The summed E-state index contributed by atoms with van der Waals surface area (Å²) >= 11 is 0. The fourth-order valence-corrected chi connectivity index (χ4v) is 3.13. The van der Waals surface area contributed by atoms with Gasteiger partial charge in [0.1, 0.15) is 0 Å². The highest BCUT2D eigenvalue weighted by atomic mass is 16.5. The van der Waals surface area contributed by atoms with Crippen LogP contribution in [0.2, 0.25) is 0 Å². The van der Waals surface area contributed by atoms with Gasteiger partial charge in [-0.1, -0.05) is 0 Å². The fraction of sp³-hybridized carbons (Fsp3) is 0.750. The summed E-state index contributed by atoms with van der Waals surface area (Å²) in [6.45, 7) is 9.52. The molecular weight excluding hydrogens is 264 g/mol. The topological polar surface area (TPSA) is 50.3 Å². The van der Waals surface area contributed by atoms with Crippen molar-refractivity contribution in [2.45, 2.75) is 39.2 Å². The molecule has 1 atom stereocenters. The lowest BCUT2D eigenvalue weighted by Gasteiger charge is -2.33. The van der Waals surface area contributed by atoms with Crippen LogP contribution in [-0.2, 0) is 4.74 Å². The molecule has 21 heavy (non-hydrogen) atoms. The summed E-state index contributed by atoms with van der Waals surface area (Å²) in [5.74, 6) is 1.53. The van der Waals surface area contributed by atoms with Crippen LogP contribution in [0.4, 0.5) is 5.95 Å². The Morgan fingerprint density at radius 2 is 2.10 bits per heavy atom. The van der Waals surface area contributed by atoms with Crippen LogP contribution in [0.5, 0.6) is 0 Å². The lowest BCUT2D eigenvalue weighted by Crippen LogP contribution is -2.41. The first-order valence-corrected chi connectivity index (χ1v) is 8.07. The number of nitrogens with zero attached hydrogens (tertiary/aromatic N) is 3. The van der Waals surface area contributed by atoms with Crippen LogP contribution in [0.25, 0.3) is 0 Å². The van der Waals surface area contributed by atoms with E-state index >= 15 is 0 Å². The van der Waals surface area contributed by atoms with Crippen LogP contribution >= 0.6 is 0 Å². The molecule has 0 spiro atoms. The molecule has 0 aromatic carbocycles. The quantitative estimate of drug-likeness (QED) is 0.919. The Morgan fingerprint density at radius 1 is 1.29 bits per heavy atom. The SMILES string of the molecule is Cc1cnc(NC2CCN(C[C@@H]3CCOC3)CC2)nc1C. The van der Waals surface area contributed by atoms with Crippen LogP contribution in [0.3, 0.4) is 0 Å². The number of rotatable bonds is 4. The van der Waals surface area contributed by atoms with E-state index in [9.17, 15) is 0 Å². The highest BCUT2D eigenvalue weighted by molar-refractivity contribution is 5.29. The Bertz CT molecular complexity index is 465. The molecule has 3 rings (SSSR count). The van der Waals surface area contributed by atoms with Crippen molar-refractivity contribution >= 4 is 5.95 Å². The summed E-state index contributed by atoms with van der Waals surface area (Å²) in [4.78, 5) is 11.5. The molecular formula is C16H26N4O. The number of aromatic nitrogens is 2. The number of anilines is 1. The zero-order valence-electron chi connectivity index (χ0n) is 13.1. The summed E-state index contributed by atoms with van der Waals surface area (Å²) in [5.41, 5.74) is 2.21. The Hall–Kier alpha value is -1.20. The van der Waals surface area contributed by atoms with Gasteiger partial charge in [0, 0.05) is 44.2 Å². The van der Waals surface area contributed by atoms with Crippen LogP contribution < -0.4 is 5.32 Å². The Morgan fingerprint density at radius 3 is 2.76 bits per heavy atom. The molecule has 116 valence electrons. The summed E-state index contributed by atoms with van der Waals surface area (Å²) in [5, 5.41) is 3.49. The number of aryl methyl sites for hydroxylation is 2. The predicted octanol–water partition coefficient (Wildman–Crippen LogP) is 2.01. The average Bonchev–Trinajstić information content (AvgIpc) is 2.98. The number of hydrogen-bond acceptors (Lipinski definition) is 5. The van der Waals surface area contributed by atoms with E-state index < -0.39 is 0 Å². The number of ether oxygens (including phenoxy) is 1. The molecule has 0 radical (unpaired) electrons. The van der Waals surface area contributed by atoms with Crippen molar-refractivity contribution in [3.05, 3.63) is 17.5 Å². The van der Waals surface area contributed by atoms with Gasteiger partial charge < -0.3 is 15.0 Å². The van der Waals surface area contributed by atoms with E-state index in [1.54, 1.807) is 0 Å². The lowest BCUT2D eigenvalue weighted by molar-refractivity contribution is 0.154. The molecule has 1 aromatic heterocycles. The van der Waals surface area contributed by atoms with Crippen LogP contribution in [-0.4, -0.2) is 53.8 Å². The second kappa shape index (κ2) is 6.71. The highest BCUT2D eigenvalue weighted by Crippen LogP contribution is 2.19. The van der Waals surface area contributed by atoms with E-state index in [0.29, 0.717) is 6.04 Å². The van der Waals surface area contributed by atoms with Gasteiger partial charge in [-0.3, -0.25) is 0 Å². The Kier molecular flexibility index (Phi) is 4.70. The molecule has 0 saturated carbocycles. The predicted molar refractivity (Wildman–Crippen MR) is 83.5 cm³/mol. The average molecular weight is 290 g/mol. The molecule has 5 heteroatoms. The molecule has 2 aliphatic rings. The van der Waals surface area contributed by atoms with Crippen LogP contribution in [0, 0.1) is 19.8 Å². The van der Waals surface area contributed by atoms with Gasteiger partial charge in [-0.2, -0.15) is 0 Å². The number of hydrogen-bond donors (Lipinski definition) is 1. The van der Waals surface area contributed by atoms with Gasteiger partial charge in [0.2, 0.25) is 5.95 Å². The summed E-state index contributed by atoms with van der Waals surface area (Å²) in [6.07, 6.45) is 5.47. The monoisotopic (exact) mass is 290 g/mol. The van der Waals surface area contributed by atoms with Crippen LogP contribution in [0.15, 0.2) is 6.20 Å². The van der Waals surface area contributed by atoms with E-state index in [-0.39, 0.29) is 0 Å². The summed E-state index contributed by atoms with van der Waals surface area (Å²) in [6, 6.07) is 0.503.